The fraction of sp³-hybridized carbons (Fsp3) is 0.200. The molecule has 0 fully saturated rings. The quantitative estimate of drug-likeness (QED) is 0.656. The molecule has 0 saturated carbocycles. The van der Waals surface area contributed by atoms with Gasteiger partial charge in [-0.15, -0.1) is 0 Å². The molecule has 0 amide bonds. The maximum Gasteiger partial charge on any atom is 0.0314 e. The molecule has 0 radical (unpaired) electrons. The van der Waals surface area contributed by atoms with Crippen molar-refractivity contribution in [2.75, 3.05) is 12.3 Å². The van der Waals surface area contributed by atoms with Crippen LogP contribution in [0.3, 0.4) is 0 Å². The first-order valence-corrected chi connectivity index (χ1v) is 6.83. The van der Waals surface area contributed by atoms with Gasteiger partial charge in [0, 0.05) is 16.7 Å². The Kier molecular flexibility index (Phi) is 4.79. The van der Waals surface area contributed by atoms with Gasteiger partial charge in [0.05, 0.1) is 0 Å². The highest BCUT2D eigenvalue weighted by Gasteiger charge is 1.98. The van der Waals surface area contributed by atoms with Crippen molar-refractivity contribution in [2.24, 2.45) is 0 Å². The molecule has 0 heterocycles. The number of halogens is 1. The summed E-state index contributed by atoms with van der Waals surface area (Å²) in [7, 11) is 0. The van der Waals surface area contributed by atoms with Crippen molar-refractivity contribution >= 4 is 21.6 Å². The molecule has 0 saturated heterocycles. The molecule has 94 valence electrons. The molecule has 0 spiro atoms. The molecular formula is C15H17BrN2. The van der Waals surface area contributed by atoms with Crippen LogP contribution in [-0.4, -0.2) is 6.54 Å². The van der Waals surface area contributed by atoms with E-state index < -0.39 is 0 Å². The average molecular weight is 305 g/mol. The van der Waals surface area contributed by atoms with Crippen LogP contribution >= 0.6 is 15.9 Å². The van der Waals surface area contributed by atoms with Crippen molar-refractivity contribution in [3.8, 4) is 0 Å². The zero-order chi connectivity index (χ0) is 12.8. The molecule has 0 unspecified atom stereocenters. The SMILES string of the molecule is Nc1ccc(CNCCc2ccccc2Br)cc1. The normalized spacial score (nSPS) is 10.5. The number of benzene rings is 2. The third-order valence-corrected chi connectivity index (χ3v) is 3.61. The Labute approximate surface area is 116 Å². The summed E-state index contributed by atoms with van der Waals surface area (Å²) in [6.45, 7) is 1.84. The lowest BCUT2D eigenvalue weighted by Crippen LogP contribution is -2.16. The Hall–Kier alpha value is -1.32. The molecule has 0 aromatic heterocycles. The van der Waals surface area contributed by atoms with Crippen LogP contribution in [0.2, 0.25) is 0 Å². The van der Waals surface area contributed by atoms with Gasteiger partial charge in [0.2, 0.25) is 0 Å². The fourth-order valence-corrected chi connectivity index (χ4v) is 2.28. The van der Waals surface area contributed by atoms with Crippen molar-refractivity contribution in [1.82, 2.24) is 5.32 Å². The summed E-state index contributed by atoms with van der Waals surface area (Å²) in [5.41, 5.74) is 9.06. The minimum absolute atomic E-state index is 0.812. The second-order valence-electron chi connectivity index (χ2n) is 4.26. The number of rotatable bonds is 5. The van der Waals surface area contributed by atoms with E-state index in [1.54, 1.807) is 0 Å². The van der Waals surface area contributed by atoms with Crippen LogP contribution in [0.1, 0.15) is 11.1 Å². The van der Waals surface area contributed by atoms with E-state index in [-0.39, 0.29) is 0 Å². The number of nitrogen functional groups attached to an aromatic ring is 1. The number of hydrogen-bond acceptors (Lipinski definition) is 2. The smallest absolute Gasteiger partial charge is 0.0314 e. The van der Waals surface area contributed by atoms with Crippen molar-refractivity contribution in [2.45, 2.75) is 13.0 Å². The number of nitrogens with two attached hydrogens (primary N) is 1. The van der Waals surface area contributed by atoms with Crippen LogP contribution in [0, 0.1) is 0 Å². The van der Waals surface area contributed by atoms with E-state index in [2.05, 4.69) is 51.6 Å². The monoisotopic (exact) mass is 304 g/mol. The van der Waals surface area contributed by atoms with E-state index in [1.165, 1.54) is 15.6 Å². The minimum atomic E-state index is 0.812. The van der Waals surface area contributed by atoms with E-state index >= 15 is 0 Å². The summed E-state index contributed by atoms with van der Waals surface area (Å²) in [5.74, 6) is 0. The first-order valence-electron chi connectivity index (χ1n) is 6.04. The molecule has 2 nitrogen and oxygen atoms in total. The lowest BCUT2D eigenvalue weighted by atomic mass is 10.1. The maximum atomic E-state index is 5.65. The summed E-state index contributed by atoms with van der Waals surface area (Å²) in [6, 6.07) is 16.3. The Bertz CT molecular complexity index is 494. The van der Waals surface area contributed by atoms with Gasteiger partial charge in [-0.2, -0.15) is 0 Å². The molecule has 2 rings (SSSR count). The van der Waals surface area contributed by atoms with Gasteiger partial charge in [-0.05, 0) is 42.3 Å². The molecular weight excluding hydrogens is 288 g/mol. The molecule has 2 aromatic rings. The third-order valence-electron chi connectivity index (χ3n) is 2.84. The topological polar surface area (TPSA) is 38.0 Å². The fourth-order valence-electron chi connectivity index (χ4n) is 1.79. The van der Waals surface area contributed by atoms with Gasteiger partial charge in [-0.25, -0.2) is 0 Å². The van der Waals surface area contributed by atoms with Gasteiger partial charge in [-0.1, -0.05) is 46.3 Å². The summed E-state index contributed by atoms with van der Waals surface area (Å²) in [4.78, 5) is 0. The van der Waals surface area contributed by atoms with Gasteiger partial charge in [0.1, 0.15) is 0 Å². The van der Waals surface area contributed by atoms with E-state index in [4.69, 9.17) is 5.73 Å². The Morgan fingerprint density at radius 1 is 1.00 bits per heavy atom. The molecule has 3 heteroatoms. The van der Waals surface area contributed by atoms with Gasteiger partial charge in [0.25, 0.3) is 0 Å². The van der Waals surface area contributed by atoms with Crippen LogP contribution in [-0.2, 0) is 13.0 Å². The Balaban J connectivity index is 1.76. The van der Waals surface area contributed by atoms with E-state index in [0.717, 1.165) is 25.2 Å². The van der Waals surface area contributed by atoms with Crippen LogP contribution < -0.4 is 11.1 Å². The van der Waals surface area contributed by atoms with E-state index in [0.29, 0.717) is 0 Å². The number of hydrogen-bond donors (Lipinski definition) is 2. The van der Waals surface area contributed by atoms with Gasteiger partial charge >= 0.3 is 0 Å². The van der Waals surface area contributed by atoms with Crippen LogP contribution in [0.15, 0.2) is 53.0 Å². The van der Waals surface area contributed by atoms with Crippen LogP contribution in [0.25, 0.3) is 0 Å². The van der Waals surface area contributed by atoms with Gasteiger partial charge < -0.3 is 11.1 Å². The number of nitrogens with one attached hydrogen (secondary N) is 1. The second kappa shape index (κ2) is 6.57. The Morgan fingerprint density at radius 3 is 2.44 bits per heavy atom. The van der Waals surface area contributed by atoms with E-state index in [9.17, 15) is 0 Å². The molecule has 0 bridgehead atoms. The molecule has 18 heavy (non-hydrogen) atoms. The van der Waals surface area contributed by atoms with E-state index in [1.807, 2.05) is 18.2 Å². The molecule has 0 aliphatic heterocycles. The zero-order valence-corrected chi connectivity index (χ0v) is 11.8. The molecule has 3 N–H and O–H groups in total. The predicted molar refractivity (Wildman–Crippen MR) is 80.4 cm³/mol. The van der Waals surface area contributed by atoms with Gasteiger partial charge in [0.15, 0.2) is 0 Å². The lowest BCUT2D eigenvalue weighted by molar-refractivity contribution is 0.686. The second-order valence-corrected chi connectivity index (χ2v) is 5.11. The summed E-state index contributed by atoms with van der Waals surface area (Å²) >= 11 is 3.56. The Morgan fingerprint density at radius 2 is 1.72 bits per heavy atom. The summed E-state index contributed by atoms with van der Waals surface area (Å²) in [6.07, 6.45) is 1.02. The zero-order valence-electron chi connectivity index (χ0n) is 10.2. The average Bonchev–Trinajstić information content (AvgIpc) is 2.39. The van der Waals surface area contributed by atoms with Crippen LogP contribution in [0.5, 0.6) is 0 Å². The predicted octanol–water partition coefficient (Wildman–Crippen LogP) is 3.36. The summed E-state index contributed by atoms with van der Waals surface area (Å²) in [5, 5.41) is 3.44. The highest BCUT2D eigenvalue weighted by Crippen LogP contribution is 2.15. The third kappa shape index (κ3) is 3.86. The van der Waals surface area contributed by atoms with Crippen molar-refractivity contribution in [1.29, 1.82) is 0 Å². The van der Waals surface area contributed by atoms with Crippen molar-refractivity contribution < 1.29 is 0 Å². The molecule has 0 aliphatic rings. The largest absolute Gasteiger partial charge is 0.399 e. The van der Waals surface area contributed by atoms with Crippen molar-refractivity contribution in [3.63, 3.8) is 0 Å². The van der Waals surface area contributed by atoms with Crippen molar-refractivity contribution in [3.05, 3.63) is 64.1 Å². The summed E-state index contributed by atoms with van der Waals surface area (Å²) < 4.78 is 1.18. The van der Waals surface area contributed by atoms with Gasteiger partial charge in [-0.3, -0.25) is 0 Å². The maximum absolute atomic E-state index is 5.65. The lowest BCUT2D eigenvalue weighted by Gasteiger charge is -2.07. The first kappa shape index (κ1) is 13.1. The molecule has 0 atom stereocenters. The molecule has 0 aliphatic carbocycles. The van der Waals surface area contributed by atoms with Crippen LogP contribution in [0.4, 0.5) is 5.69 Å². The number of anilines is 1. The standard InChI is InChI=1S/C15H17BrN2/c16-15-4-2-1-3-13(15)9-10-18-11-12-5-7-14(17)8-6-12/h1-8,18H,9-11,17H2. The highest BCUT2D eigenvalue weighted by atomic mass is 79.9. The minimum Gasteiger partial charge on any atom is -0.399 e. The first-order chi connectivity index (χ1) is 8.75. The highest BCUT2D eigenvalue weighted by molar-refractivity contribution is 9.10. The molecule has 2 aromatic carbocycles.